The minimum Gasteiger partial charge on any atom is -0.337 e. The Morgan fingerprint density at radius 3 is 2.96 bits per heavy atom. The molecular formula is C19H23N7O2. The predicted molar refractivity (Wildman–Crippen MR) is 105 cm³/mol. The lowest BCUT2D eigenvalue weighted by Gasteiger charge is -2.26. The number of nitrogens with zero attached hydrogens (tertiary/aromatic N) is 6. The molecule has 0 amide bonds. The van der Waals surface area contributed by atoms with Crippen LogP contribution >= 0.6 is 0 Å². The summed E-state index contributed by atoms with van der Waals surface area (Å²) in [4.78, 5) is 34.6. The zero-order valence-corrected chi connectivity index (χ0v) is 15.9. The van der Waals surface area contributed by atoms with Crippen molar-refractivity contribution < 1.29 is 0 Å². The van der Waals surface area contributed by atoms with E-state index in [-0.39, 0.29) is 17.2 Å². The number of hydrogen-bond acceptors (Lipinski definition) is 6. The van der Waals surface area contributed by atoms with Crippen LogP contribution in [0, 0.1) is 0 Å². The van der Waals surface area contributed by atoms with Crippen LogP contribution in [0.3, 0.4) is 0 Å². The lowest BCUT2D eigenvalue weighted by atomic mass is 9.97. The first-order chi connectivity index (χ1) is 13.6. The van der Waals surface area contributed by atoms with Crippen LogP contribution in [0.1, 0.15) is 36.9 Å². The van der Waals surface area contributed by atoms with Crippen LogP contribution in [0.15, 0.2) is 21.9 Å². The van der Waals surface area contributed by atoms with Gasteiger partial charge in [-0.25, -0.2) is 4.68 Å². The Morgan fingerprint density at radius 1 is 1.21 bits per heavy atom. The predicted octanol–water partition coefficient (Wildman–Crippen LogP) is 0.761. The topological polar surface area (TPSA) is 102 Å². The van der Waals surface area contributed by atoms with Crippen molar-refractivity contribution in [2.45, 2.75) is 51.1 Å². The first kappa shape index (κ1) is 17.2. The van der Waals surface area contributed by atoms with Gasteiger partial charge in [0.1, 0.15) is 5.39 Å². The van der Waals surface area contributed by atoms with E-state index < -0.39 is 0 Å². The van der Waals surface area contributed by atoms with Gasteiger partial charge in [0.25, 0.3) is 11.1 Å². The molecule has 1 aliphatic carbocycles. The van der Waals surface area contributed by atoms with E-state index in [0.29, 0.717) is 23.5 Å². The maximum Gasteiger partial charge on any atom is 0.267 e. The molecule has 0 saturated carbocycles. The number of aryl methyl sites for hydroxylation is 3. The minimum atomic E-state index is -0.192. The Hall–Kier alpha value is -2.97. The van der Waals surface area contributed by atoms with Gasteiger partial charge >= 0.3 is 0 Å². The molecule has 3 aromatic rings. The van der Waals surface area contributed by atoms with Crippen molar-refractivity contribution in [3.8, 4) is 0 Å². The summed E-state index contributed by atoms with van der Waals surface area (Å²) in [7, 11) is 1.77. The molecule has 1 N–H and O–H groups in total. The number of nitrogens with one attached hydrogen (secondary N) is 1. The van der Waals surface area contributed by atoms with Gasteiger partial charge in [0, 0.05) is 19.7 Å². The Bertz CT molecular complexity index is 1160. The monoisotopic (exact) mass is 381 g/mol. The van der Waals surface area contributed by atoms with E-state index in [9.17, 15) is 9.59 Å². The average Bonchev–Trinajstić information content (AvgIpc) is 3.29. The van der Waals surface area contributed by atoms with Crippen molar-refractivity contribution in [2.75, 3.05) is 11.4 Å². The lowest BCUT2D eigenvalue weighted by Crippen LogP contribution is -2.39. The Kier molecular flexibility index (Phi) is 4.03. The number of hydrogen-bond donors (Lipinski definition) is 1. The van der Waals surface area contributed by atoms with Gasteiger partial charge in [-0.05, 0) is 44.1 Å². The molecular weight excluding hydrogens is 358 g/mol. The van der Waals surface area contributed by atoms with E-state index in [2.05, 4.69) is 25.1 Å². The van der Waals surface area contributed by atoms with Crippen LogP contribution in [0.25, 0.3) is 11.0 Å². The smallest absolute Gasteiger partial charge is 0.267 e. The van der Waals surface area contributed by atoms with Crippen LogP contribution in [-0.4, -0.2) is 42.1 Å². The van der Waals surface area contributed by atoms with E-state index in [1.165, 1.54) is 6.20 Å². The lowest BCUT2D eigenvalue weighted by molar-refractivity contribution is 0.470. The van der Waals surface area contributed by atoms with E-state index in [4.69, 9.17) is 0 Å². The van der Waals surface area contributed by atoms with E-state index in [0.717, 1.165) is 56.3 Å². The fourth-order valence-corrected chi connectivity index (χ4v) is 4.39. The van der Waals surface area contributed by atoms with Crippen molar-refractivity contribution in [2.24, 2.45) is 7.05 Å². The molecule has 1 fully saturated rings. The molecule has 1 aliphatic heterocycles. The van der Waals surface area contributed by atoms with Gasteiger partial charge in [0.2, 0.25) is 5.95 Å². The fraction of sp³-hybridized carbons (Fsp3) is 0.526. The zero-order valence-electron chi connectivity index (χ0n) is 15.9. The maximum atomic E-state index is 12.6. The molecule has 3 aromatic heterocycles. The van der Waals surface area contributed by atoms with Crippen molar-refractivity contribution >= 4 is 17.0 Å². The highest BCUT2D eigenvalue weighted by Gasteiger charge is 2.28. The summed E-state index contributed by atoms with van der Waals surface area (Å²) in [5.41, 5.74) is 2.48. The van der Waals surface area contributed by atoms with Gasteiger partial charge in [-0.3, -0.25) is 19.3 Å². The third kappa shape index (κ3) is 2.81. The molecule has 2 aliphatic rings. The molecule has 0 spiro atoms. The standard InChI is InChI=1S/C19H23N7O2/c1-24-17-14(10-20-24)18(28)22-19(21-17)25-8-4-6-13(25)11-26-16(27)9-12-5-2-3-7-15(12)23-26/h9-10,13H,2-8,11H2,1H3,(H,21,22,28). The highest BCUT2D eigenvalue weighted by atomic mass is 16.1. The van der Waals surface area contributed by atoms with Gasteiger partial charge in [0.15, 0.2) is 5.65 Å². The Morgan fingerprint density at radius 2 is 2.07 bits per heavy atom. The third-order valence-corrected chi connectivity index (χ3v) is 5.90. The minimum absolute atomic E-state index is 0.0453. The normalized spacial score (nSPS) is 19.3. The SMILES string of the molecule is Cn1ncc2c(=O)[nH]c(N3CCCC3Cn3nc4c(cc3=O)CCCC4)nc21. The fourth-order valence-electron chi connectivity index (χ4n) is 4.39. The number of rotatable bonds is 3. The Balaban J connectivity index is 1.47. The molecule has 0 bridgehead atoms. The van der Waals surface area contributed by atoms with E-state index >= 15 is 0 Å². The van der Waals surface area contributed by atoms with Gasteiger partial charge in [0.05, 0.1) is 24.5 Å². The number of aromatic nitrogens is 6. The first-order valence-corrected chi connectivity index (χ1v) is 9.89. The van der Waals surface area contributed by atoms with Crippen LogP contribution < -0.4 is 16.0 Å². The van der Waals surface area contributed by atoms with Crippen LogP contribution in [0.4, 0.5) is 5.95 Å². The summed E-state index contributed by atoms with van der Waals surface area (Å²) in [6.45, 7) is 1.29. The molecule has 4 heterocycles. The molecule has 28 heavy (non-hydrogen) atoms. The quantitative estimate of drug-likeness (QED) is 0.719. The second-order valence-electron chi connectivity index (χ2n) is 7.73. The maximum absolute atomic E-state index is 12.6. The van der Waals surface area contributed by atoms with Gasteiger partial charge < -0.3 is 4.90 Å². The van der Waals surface area contributed by atoms with Crippen LogP contribution in [0.2, 0.25) is 0 Å². The number of fused-ring (bicyclic) bond motifs is 2. The van der Waals surface area contributed by atoms with E-state index in [1.807, 2.05) is 0 Å². The van der Waals surface area contributed by atoms with Crippen molar-refractivity contribution in [1.82, 2.24) is 29.5 Å². The molecule has 1 atom stereocenters. The van der Waals surface area contributed by atoms with Crippen molar-refractivity contribution in [3.05, 3.63) is 44.2 Å². The van der Waals surface area contributed by atoms with Crippen molar-refractivity contribution in [1.29, 1.82) is 0 Å². The van der Waals surface area contributed by atoms with E-state index in [1.54, 1.807) is 22.5 Å². The molecule has 0 aromatic carbocycles. The summed E-state index contributed by atoms with van der Waals surface area (Å²) in [6, 6.07) is 1.82. The molecule has 0 radical (unpaired) electrons. The van der Waals surface area contributed by atoms with Crippen LogP contribution in [-0.2, 0) is 26.4 Å². The molecule has 146 valence electrons. The average molecular weight is 381 g/mol. The zero-order chi connectivity index (χ0) is 19.3. The summed E-state index contributed by atoms with van der Waals surface area (Å²) in [6.07, 6.45) is 7.59. The summed E-state index contributed by atoms with van der Waals surface area (Å²) >= 11 is 0. The molecule has 1 saturated heterocycles. The van der Waals surface area contributed by atoms with Gasteiger partial charge in [-0.1, -0.05) is 0 Å². The highest BCUT2D eigenvalue weighted by Crippen LogP contribution is 2.24. The number of H-pyrrole nitrogens is 1. The second kappa shape index (κ2) is 6.57. The van der Waals surface area contributed by atoms with Gasteiger partial charge in [-0.15, -0.1) is 0 Å². The summed E-state index contributed by atoms with van der Waals surface area (Å²) < 4.78 is 3.20. The molecule has 1 unspecified atom stereocenters. The summed E-state index contributed by atoms with van der Waals surface area (Å²) in [5, 5.41) is 9.25. The highest BCUT2D eigenvalue weighted by molar-refractivity contribution is 5.74. The summed E-state index contributed by atoms with van der Waals surface area (Å²) in [5.74, 6) is 0.537. The van der Waals surface area contributed by atoms with Gasteiger partial charge in [-0.2, -0.15) is 15.2 Å². The number of anilines is 1. The number of aromatic amines is 1. The van der Waals surface area contributed by atoms with Crippen molar-refractivity contribution in [3.63, 3.8) is 0 Å². The van der Waals surface area contributed by atoms with Crippen LogP contribution in [0.5, 0.6) is 0 Å². The molecule has 9 heteroatoms. The largest absolute Gasteiger partial charge is 0.337 e. The second-order valence-corrected chi connectivity index (χ2v) is 7.73. The Labute approximate surface area is 161 Å². The first-order valence-electron chi connectivity index (χ1n) is 9.89. The molecule has 5 rings (SSSR count). The molecule has 9 nitrogen and oxygen atoms in total. The third-order valence-electron chi connectivity index (χ3n) is 5.90.